The van der Waals surface area contributed by atoms with E-state index in [9.17, 15) is 4.79 Å². The maximum Gasteiger partial charge on any atom is 0.219 e. The van der Waals surface area contributed by atoms with E-state index in [1.54, 1.807) is 0 Å². The van der Waals surface area contributed by atoms with E-state index in [4.69, 9.17) is 0 Å². The van der Waals surface area contributed by atoms with Gasteiger partial charge in [0.15, 0.2) is 0 Å². The van der Waals surface area contributed by atoms with Gasteiger partial charge in [0, 0.05) is 13.9 Å². The van der Waals surface area contributed by atoms with Gasteiger partial charge in [0.25, 0.3) is 0 Å². The number of nitrogens with one attached hydrogen (secondary N) is 1. The van der Waals surface area contributed by atoms with E-state index in [-0.39, 0.29) is 7.33 Å². The third-order valence-corrected chi connectivity index (χ3v) is 2.09. The van der Waals surface area contributed by atoms with Crippen LogP contribution in [0.2, 0.25) is 0 Å². The summed E-state index contributed by atoms with van der Waals surface area (Å²) < 4.78 is 0. The van der Waals surface area contributed by atoms with Gasteiger partial charge in [-0.2, -0.15) is 0 Å². The molecule has 0 saturated carbocycles. The lowest BCUT2D eigenvalue weighted by molar-refractivity contribution is -0.122. The largest absolute Gasteiger partial charge is 0.353 e. The van der Waals surface area contributed by atoms with Gasteiger partial charge >= 0.3 is 0 Å². The monoisotopic (exact) mass is 173 g/mol. The van der Waals surface area contributed by atoms with Crippen molar-refractivity contribution in [1.29, 1.82) is 0 Å². The Morgan fingerprint density at radius 1 is 1.25 bits per heavy atom. The third-order valence-electron chi connectivity index (χ3n) is 2.09. The number of amides is 1. The fraction of sp³-hybridized carbons (Fsp3) is 0.900. The molecule has 0 atom stereocenters. The highest BCUT2D eigenvalue weighted by Crippen LogP contribution is 2.11. The van der Waals surface area contributed by atoms with Crippen molar-refractivity contribution >= 4 is 5.91 Å². The van der Waals surface area contributed by atoms with Gasteiger partial charge < -0.3 is 5.32 Å². The molecule has 0 heterocycles. The first-order valence-electron chi connectivity index (χ1n) is 4.78. The maximum atomic E-state index is 11.1. The van der Waals surface area contributed by atoms with Crippen LogP contribution in [0.4, 0.5) is 0 Å². The van der Waals surface area contributed by atoms with Crippen LogP contribution in [0, 0.1) is 11.8 Å². The normalized spacial score (nSPS) is 11.3. The van der Waals surface area contributed by atoms with E-state index in [1.807, 2.05) is 6.92 Å². The topological polar surface area (TPSA) is 29.1 Å². The van der Waals surface area contributed by atoms with Gasteiger partial charge in [0.2, 0.25) is 5.91 Å². The number of hydrogen-bond acceptors (Lipinski definition) is 1. The van der Waals surface area contributed by atoms with E-state index in [0.717, 1.165) is 0 Å². The summed E-state index contributed by atoms with van der Waals surface area (Å²) >= 11 is 0. The maximum absolute atomic E-state index is 11.1. The Bertz CT molecular complexity index is 138. The van der Waals surface area contributed by atoms with Crippen LogP contribution in [0.15, 0.2) is 0 Å². The van der Waals surface area contributed by atoms with Crippen LogP contribution >= 0.6 is 0 Å². The fourth-order valence-electron chi connectivity index (χ4n) is 1.39. The minimum atomic E-state index is 0. The summed E-state index contributed by atoms with van der Waals surface area (Å²) in [5.41, 5.74) is 0. The Morgan fingerprint density at radius 3 is 1.92 bits per heavy atom. The Kier molecular flexibility index (Phi) is 4.95. The molecule has 0 fully saturated rings. The molecule has 1 amide bonds. The molecule has 74 valence electrons. The Morgan fingerprint density at radius 2 is 1.67 bits per heavy atom. The molecule has 0 saturated heterocycles. The summed E-state index contributed by atoms with van der Waals surface area (Å²) in [7, 11) is 0. The van der Waals surface area contributed by atoms with Crippen LogP contribution in [0.3, 0.4) is 0 Å². The third kappa shape index (κ3) is 3.74. The lowest BCUT2D eigenvalue weighted by Gasteiger charge is -2.25. The minimum Gasteiger partial charge on any atom is -0.353 e. The van der Waals surface area contributed by atoms with Crippen molar-refractivity contribution in [1.82, 2.24) is 5.32 Å². The van der Waals surface area contributed by atoms with Crippen molar-refractivity contribution in [3.63, 3.8) is 0 Å². The summed E-state index contributed by atoms with van der Waals surface area (Å²) in [6, 6.07) is 0.317. The van der Waals surface area contributed by atoms with Gasteiger partial charge in [0.1, 0.15) is 0 Å². The number of carbonyl (C=O) groups is 1. The first kappa shape index (κ1) is 11.5. The molecule has 2 heteroatoms. The molecule has 0 unspecified atom stereocenters. The molecular formula is C10H23NO. The first-order valence-corrected chi connectivity index (χ1v) is 4.78. The zero-order valence-corrected chi connectivity index (χ0v) is 8.85. The lowest BCUT2D eigenvalue weighted by Crippen LogP contribution is -2.41. The highest BCUT2D eigenvalue weighted by Gasteiger charge is 2.18. The van der Waals surface area contributed by atoms with Gasteiger partial charge in [-0.05, 0) is 11.8 Å². The average molecular weight is 173 g/mol. The summed E-state index contributed by atoms with van der Waals surface area (Å²) in [5, 5.41) is 3.03. The van der Waals surface area contributed by atoms with E-state index >= 15 is 0 Å². The zero-order valence-electron chi connectivity index (χ0n) is 8.85. The molecule has 12 heavy (non-hydrogen) atoms. The molecule has 0 aliphatic carbocycles. The van der Waals surface area contributed by atoms with E-state index in [2.05, 4.69) is 33.0 Å². The molecule has 0 rings (SSSR count). The highest BCUT2D eigenvalue weighted by molar-refractivity contribution is 5.75. The predicted molar refractivity (Wildman–Crippen MR) is 54.0 cm³/mol. The number of carbonyl (C=O) groups excluding carboxylic acids is 1. The quantitative estimate of drug-likeness (QED) is 0.695. The van der Waals surface area contributed by atoms with Crippen molar-refractivity contribution in [2.45, 2.75) is 47.1 Å². The van der Waals surface area contributed by atoms with Crippen molar-refractivity contribution in [2.24, 2.45) is 11.8 Å². The molecule has 0 aliphatic heterocycles. The summed E-state index contributed by atoms with van der Waals surface area (Å²) in [5.74, 6) is 1.18. The van der Waals surface area contributed by atoms with Crippen LogP contribution in [-0.4, -0.2) is 11.9 Å². The second kappa shape index (κ2) is 5.18. The van der Waals surface area contributed by atoms with Crippen molar-refractivity contribution in [3.05, 3.63) is 0 Å². The molecular weight excluding hydrogens is 150 g/mol. The van der Waals surface area contributed by atoms with Gasteiger partial charge in [-0.1, -0.05) is 34.6 Å². The molecule has 0 aromatic carbocycles. The average Bonchev–Trinajstić information content (AvgIpc) is 1.98. The summed E-state index contributed by atoms with van der Waals surface area (Å²) in [6.07, 6.45) is 0.579. The van der Waals surface area contributed by atoms with Gasteiger partial charge in [-0.25, -0.2) is 0 Å². The Hall–Kier alpha value is -0.530. The zero-order chi connectivity index (χ0) is 9.72. The van der Waals surface area contributed by atoms with Gasteiger partial charge in [-0.15, -0.1) is 0 Å². The molecule has 0 aliphatic rings. The summed E-state index contributed by atoms with van der Waals surface area (Å²) in [4.78, 5) is 11.1. The smallest absolute Gasteiger partial charge is 0.219 e. The molecule has 0 spiro atoms. The minimum absolute atomic E-state index is 0. The van der Waals surface area contributed by atoms with Crippen LogP contribution in [0.5, 0.6) is 0 Å². The van der Waals surface area contributed by atoms with Crippen molar-refractivity contribution in [2.75, 3.05) is 0 Å². The molecule has 1 N–H and O–H groups in total. The van der Waals surface area contributed by atoms with Crippen LogP contribution in [-0.2, 0) is 4.79 Å². The fourth-order valence-corrected chi connectivity index (χ4v) is 1.39. The number of rotatable bonds is 4. The first-order chi connectivity index (χ1) is 5.49. The van der Waals surface area contributed by atoms with E-state index in [1.165, 1.54) is 0 Å². The van der Waals surface area contributed by atoms with Crippen LogP contribution in [0.25, 0.3) is 0 Å². The summed E-state index contributed by atoms with van der Waals surface area (Å²) in [6.45, 7) is 10.4. The van der Waals surface area contributed by atoms with Crippen molar-refractivity contribution in [3.8, 4) is 0 Å². The van der Waals surface area contributed by atoms with E-state index in [0.29, 0.717) is 24.3 Å². The Balaban J connectivity index is 0. The molecule has 0 bridgehead atoms. The second-order valence-corrected chi connectivity index (χ2v) is 3.93. The molecule has 0 aromatic rings. The van der Waals surface area contributed by atoms with Crippen LogP contribution in [0.1, 0.15) is 42.5 Å². The predicted octanol–water partition coefficient (Wildman–Crippen LogP) is 2.44. The SMILES string of the molecule is CCC(=O)NC(C(C)C)C(C)C.[HH]. The molecule has 0 radical (unpaired) electrons. The lowest BCUT2D eigenvalue weighted by atomic mass is 9.93. The second-order valence-electron chi connectivity index (χ2n) is 3.93. The van der Waals surface area contributed by atoms with Gasteiger partial charge in [-0.3, -0.25) is 4.79 Å². The van der Waals surface area contributed by atoms with Crippen molar-refractivity contribution < 1.29 is 6.22 Å². The van der Waals surface area contributed by atoms with Gasteiger partial charge in [0.05, 0.1) is 0 Å². The highest BCUT2D eigenvalue weighted by atomic mass is 16.1. The molecule has 0 aromatic heterocycles. The Labute approximate surface area is 77.2 Å². The van der Waals surface area contributed by atoms with Crippen LogP contribution < -0.4 is 5.32 Å². The number of hydrogen-bond donors (Lipinski definition) is 1. The molecule has 2 nitrogen and oxygen atoms in total. The standard InChI is InChI=1S/C10H21NO.H2/c1-6-9(12)11-10(7(2)3)8(4)5;/h7-8,10H,6H2,1-5H3,(H,11,12);1H. The van der Waals surface area contributed by atoms with E-state index < -0.39 is 0 Å².